The van der Waals surface area contributed by atoms with Crippen molar-refractivity contribution < 1.29 is 26.5 Å². The second-order valence-electron chi connectivity index (χ2n) is 2.70. The first-order chi connectivity index (χ1) is 5.22. The van der Waals surface area contributed by atoms with Crippen LogP contribution in [0, 0.1) is 0 Å². The van der Waals surface area contributed by atoms with Crippen molar-refractivity contribution >= 4 is 20.0 Å². The van der Waals surface area contributed by atoms with Crippen molar-refractivity contribution in [2.24, 2.45) is 0 Å². The third-order valence-electron chi connectivity index (χ3n) is 1.65. The van der Waals surface area contributed by atoms with Crippen LogP contribution in [0.3, 0.4) is 0 Å². The number of rotatable bonds is 1. The molecule has 1 aliphatic rings. The summed E-state index contributed by atoms with van der Waals surface area (Å²) in [6.07, 6.45) is -1.51. The molecule has 0 radical (unpaired) electrons. The fourth-order valence-corrected chi connectivity index (χ4v) is 4.62. The Bertz CT molecular complexity index is 364. The summed E-state index contributed by atoms with van der Waals surface area (Å²) in [5.41, 5.74) is 0. The Labute approximate surface area is 69.9 Å². The minimum atomic E-state index is -4.45. The van der Waals surface area contributed by atoms with Gasteiger partial charge in [0.2, 0.25) is 0 Å². The quantitative estimate of drug-likeness (QED) is 0.492. The van der Waals surface area contributed by atoms with Crippen molar-refractivity contribution in [1.82, 2.24) is 0 Å². The first-order valence-corrected chi connectivity index (χ1v) is 6.39. The maximum atomic E-state index is 10.8. The molecule has 1 fully saturated rings. The highest BCUT2D eigenvalue weighted by Gasteiger charge is 2.43. The highest BCUT2D eigenvalue weighted by molar-refractivity contribution is 7.94. The molecule has 0 aliphatic carbocycles. The summed E-state index contributed by atoms with van der Waals surface area (Å²) in [5.74, 6) is -1.30. The Morgan fingerprint density at radius 2 is 1.75 bits per heavy atom. The van der Waals surface area contributed by atoms with Crippen LogP contribution in [0.15, 0.2) is 0 Å². The van der Waals surface area contributed by atoms with Crippen molar-refractivity contribution in [2.45, 2.75) is 11.4 Å². The number of aliphatic hydroxyl groups excluding tert-OH is 1. The molecule has 2 atom stereocenters. The second-order valence-corrected chi connectivity index (χ2v) is 6.49. The average Bonchev–Trinajstić information content (AvgIpc) is 2.03. The minimum absolute atomic E-state index is 0.600. The van der Waals surface area contributed by atoms with Gasteiger partial charge in [0.05, 0.1) is 17.6 Å². The van der Waals surface area contributed by atoms with E-state index < -0.39 is 42.8 Å². The van der Waals surface area contributed by atoms with Crippen LogP contribution in [0.25, 0.3) is 0 Å². The number of aliphatic hydroxyl groups is 1. The molecule has 0 saturated carbocycles. The Balaban J connectivity index is 3.01. The molecule has 0 amide bonds. The Morgan fingerprint density at radius 3 is 1.92 bits per heavy atom. The third-order valence-corrected chi connectivity index (χ3v) is 4.83. The van der Waals surface area contributed by atoms with Gasteiger partial charge >= 0.3 is 0 Å². The van der Waals surface area contributed by atoms with Gasteiger partial charge in [-0.05, 0) is 0 Å². The summed E-state index contributed by atoms with van der Waals surface area (Å²) < 4.78 is 50.9. The largest absolute Gasteiger partial charge is 0.391 e. The molecule has 0 bridgehead atoms. The highest BCUT2D eigenvalue weighted by atomic mass is 32.2. The third kappa shape index (κ3) is 1.94. The molecule has 1 rings (SSSR count). The summed E-state index contributed by atoms with van der Waals surface area (Å²) in [5, 5.41) is 7.36. The number of sulfone groups is 1. The first kappa shape index (κ1) is 9.90. The van der Waals surface area contributed by atoms with Gasteiger partial charge in [0.25, 0.3) is 10.1 Å². The van der Waals surface area contributed by atoms with Crippen LogP contribution in [0.2, 0.25) is 0 Å². The molecule has 6 nitrogen and oxygen atoms in total. The lowest BCUT2D eigenvalue weighted by atomic mass is 10.3. The van der Waals surface area contributed by atoms with E-state index in [2.05, 4.69) is 0 Å². The van der Waals surface area contributed by atoms with Crippen LogP contribution >= 0.6 is 0 Å². The molecule has 8 heteroatoms. The van der Waals surface area contributed by atoms with Crippen LogP contribution in [0.1, 0.15) is 0 Å². The molecule has 1 aliphatic heterocycles. The highest BCUT2D eigenvalue weighted by Crippen LogP contribution is 2.18. The molecule has 12 heavy (non-hydrogen) atoms. The summed E-state index contributed by atoms with van der Waals surface area (Å²) in [6.45, 7) is 0. The van der Waals surface area contributed by atoms with Gasteiger partial charge in [0.1, 0.15) is 5.25 Å². The Morgan fingerprint density at radius 1 is 1.25 bits per heavy atom. The molecule has 0 spiro atoms. The van der Waals surface area contributed by atoms with E-state index >= 15 is 0 Å². The first-order valence-electron chi connectivity index (χ1n) is 3.07. The fraction of sp³-hybridized carbons (Fsp3) is 1.00. The second kappa shape index (κ2) is 2.66. The zero-order chi connectivity index (χ0) is 9.57. The summed E-state index contributed by atoms with van der Waals surface area (Å²) in [7, 11) is -7.97. The molecular formula is C4H8O6S2. The van der Waals surface area contributed by atoms with Gasteiger partial charge in [-0.2, -0.15) is 8.42 Å². The van der Waals surface area contributed by atoms with Crippen LogP contribution in [-0.2, 0) is 20.0 Å². The van der Waals surface area contributed by atoms with E-state index in [4.69, 9.17) is 9.66 Å². The monoisotopic (exact) mass is 216 g/mol. The maximum absolute atomic E-state index is 10.8. The Kier molecular flexibility index (Phi) is 2.19. The molecule has 0 aromatic carbocycles. The van der Waals surface area contributed by atoms with Gasteiger partial charge in [0, 0.05) is 0 Å². The predicted octanol–water partition coefficient (Wildman–Crippen LogP) is -1.97. The van der Waals surface area contributed by atoms with Crippen LogP contribution in [0.5, 0.6) is 0 Å². The van der Waals surface area contributed by atoms with Crippen molar-refractivity contribution in [1.29, 1.82) is 0 Å². The molecule has 0 aromatic rings. The summed E-state index contributed by atoms with van der Waals surface area (Å²) >= 11 is 0. The number of hydrogen-bond acceptors (Lipinski definition) is 5. The lowest BCUT2D eigenvalue weighted by molar-refractivity contribution is 0.200. The molecule has 2 N–H and O–H groups in total. The van der Waals surface area contributed by atoms with Crippen LogP contribution in [-0.4, -0.2) is 49.4 Å². The normalized spacial score (nSPS) is 35.2. The molecule has 72 valence electrons. The maximum Gasteiger partial charge on any atom is 0.271 e. The van der Waals surface area contributed by atoms with Crippen LogP contribution in [0.4, 0.5) is 0 Å². The molecule has 0 unspecified atom stereocenters. The molecule has 1 saturated heterocycles. The van der Waals surface area contributed by atoms with Gasteiger partial charge in [0.15, 0.2) is 9.84 Å². The molecule has 1 heterocycles. The lowest BCUT2D eigenvalue weighted by Crippen LogP contribution is -2.32. The van der Waals surface area contributed by atoms with Crippen molar-refractivity contribution in [3.05, 3.63) is 0 Å². The van der Waals surface area contributed by atoms with E-state index in [0.717, 1.165) is 0 Å². The van der Waals surface area contributed by atoms with E-state index in [9.17, 15) is 16.8 Å². The van der Waals surface area contributed by atoms with Gasteiger partial charge < -0.3 is 5.11 Å². The fourth-order valence-electron chi connectivity index (χ4n) is 1.08. The molecule has 0 aromatic heterocycles. The topological polar surface area (TPSA) is 109 Å². The predicted molar refractivity (Wildman–Crippen MR) is 40.0 cm³/mol. The van der Waals surface area contributed by atoms with Crippen molar-refractivity contribution in [2.75, 3.05) is 11.5 Å². The van der Waals surface area contributed by atoms with E-state index in [1.54, 1.807) is 0 Å². The van der Waals surface area contributed by atoms with Gasteiger partial charge in [-0.15, -0.1) is 0 Å². The smallest absolute Gasteiger partial charge is 0.271 e. The zero-order valence-corrected chi connectivity index (χ0v) is 7.55. The van der Waals surface area contributed by atoms with Crippen molar-refractivity contribution in [3.63, 3.8) is 0 Å². The summed E-state index contributed by atoms with van der Waals surface area (Å²) in [6, 6.07) is 0. The minimum Gasteiger partial charge on any atom is -0.391 e. The van der Waals surface area contributed by atoms with Gasteiger partial charge in [-0.1, -0.05) is 0 Å². The standard InChI is InChI=1S/C4H8O6S2/c5-3-1-11(6,7)2-4(3)12(8,9)10/h3-5H,1-2H2,(H,8,9,10)/t3-,4-/m1/s1. The zero-order valence-electron chi connectivity index (χ0n) is 5.91. The van der Waals surface area contributed by atoms with E-state index in [1.165, 1.54) is 0 Å². The van der Waals surface area contributed by atoms with Gasteiger partial charge in [-0.25, -0.2) is 8.42 Å². The average molecular weight is 216 g/mol. The SMILES string of the molecule is O=S1(=O)C[C@@H](O)[C@H](S(=O)(=O)O)C1. The van der Waals surface area contributed by atoms with Crippen molar-refractivity contribution in [3.8, 4) is 0 Å². The van der Waals surface area contributed by atoms with E-state index in [0.29, 0.717) is 0 Å². The van der Waals surface area contributed by atoms with Gasteiger partial charge in [-0.3, -0.25) is 4.55 Å². The number of hydrogen-bond donors (Lipinski definition) is 2. The summed E-state index contributed by atoms with van der Waals surface area (Å²) in [4.78, 5) is 0. The lowest BCUT2D eigenvalue weighted by Gasteiger charge is -2.06. The van der Waals surface area contributed by atoms with E-state index in [1.807, 2.05) is 0 Å². The molecular weight excluding hydrogens is 208 g/mol. The Hall–Kier alpha value is -0.180. The van der Waals surface area contributed by atoms with E-state index in [-0.39, 0.29) is 0 Å². The van der Waals surface area contributed by atoms with Crippen LogP contribution < -0.4 is 0 Å².